The van der Waals surface area contributed by atoms with Gasteiger partial charge in [-0.15, -0.1) is 0 Å². The largest absolute Gasteiger partial charge is 0.481 e. The first-order valence-electron chi connectivity index (χ1n) is 17.7. The van der Waals surface area contributed by atoms with Crippen molar-refractivity contribution in [2.45, 2.75) is 149 Å². The molecule has 1 aromatic rings. The fourth-order valence-corrected chi connectivity index (χ4v) is 9.36. The highest BCUT2D eigenvalue weighted by Crippen LogP contribution is 2.49. The molecular formula is C38H62N4O6. The van der Waals surface area contributed by atoms with E-state index in [9.17, 15) is 9.59 Å². The predicted octanol–water partition coefficient (Wildman–Crippen LogP) is 6.62. The molecule has 6 saturated heterocycles. The molecule has 7 rings (SSSR count). The molecule has 48 heavy (non-hydrogen) atoms. The molecule has 0 spiro atoms. The van der Waals surface area contributed by atoms with Gasteiger partial charge in [-0.05, 0) is 103 Å². The molecule has 10 heteroatoms. The van der Waals surface area contributed by atoms with Crippen molar-refractivity contribution in [2.75, 3.05) is 13.1 Å². The second kappa shape index (κ2) is 14.6. The lowest BCUT2D eigenvalue weighted by atomic mass is 9.86. The zero-order valence-electron chi connectivity index (χ0n) is 29.9. The van der Waals surface area contributed by atoms with Crippen LogP contribution >= 0.6 is 0 Å². The van der Waals surface area contributed by atoms with E-state index in [4.69, 9.17) is 19.4 Å². The van der Waals surface area contributed by atoms with Gasteiger partial charge in [0.1, 0.15) is 11.2 Å². The van der Waals surface area contributed by atoms with Crippen LogP contribution in [-0.4, -0.2) is 98.5 Å². The third-order valence-electron chi connectivity index (χ3n) is 10.8. The molecule has 0 aliphatic carbocycles. The topological polar surface area (TPSA) is 112 Å². The summed E-state index contributed by atoms with van der Waals surface area (Å²) >= 11 is 0. The summed E-state index contributed by atoms with van der Waals surface area (Å²) in [6.07, 6.45) is 4.32. The van der Waals surface area contributed by atoms with Crippen LogP contribution in [0.1, 0.15) is 101 Å². The maximum absolute atomic E-state index is 12.8. The first-order chi connectivity index (χ1) is 21.9. The lowest BCUT2D eigenvalue weighted by Crippen LogP contribution is -2.57. The molecule has 6 heterocycles. The monoisotopic (exact) mass is 670 g/mol. The Kier molecular flexibility index (Phi) is 11.5. The number of carbonyl (C=O) groups excluding carboxylic acids is 2. The van der Waals surface area contributed by atoms with E-state index in [-0.39, 0.29) is 19.6 Å². The number of amides is 2. The molecule has 6 fully saturated rings. The standard InChI is InChI=1S/C21H30N2O2.C14H24N2O2.C2H4O2.CH4/c1-14-17-10-16-11-18(23(17)20(24)25-21(2,3)4)19(14)22(13-16)12-15-8-6-5-7-9-15;1-8-10-5-9-6-11(12(8)15-7-9)16(10)13(17)18-14(2,3)4;1-2(3)4;/h5-9,14,16-19H,10-13H2,1-4H3;8-12,15H,5-7H2,1-4H3;1H3,(H,3,4);1H4/t14-,16?,17?,18?,19?;8-,9?,10?,11?,12?;;/m00../s1. The van der Waals surface area contributed by atoms with E-state index >= 15 is 0 Å². The maximum atomic E-state index is 12.8. The van der Waals surface area contributed by atoms with Gasteiger partial charge in [0.15, 0.2) is 0 Å². The number of fused-ring (bicyclic) bond motifs is 4. The number of ether oxygens (including phenoxy) is 2. The third-order valence-corrected chi connectivity index (χ3v) is 10.8. The van der Waals surface area contributed by atoms with Gasteiger partial charge in [-0.1, -0.05) is 51.6 Å². The number of carbonyl (C=O) groups is 3. The van der Waals surface area contributed by atoms with E-state index in [1.165, 1.54) is 12.1 Å². The van der Waals surface area contributed by atoms with Crippen molar-refractivity contribution in [2.24, 2.45) is 23.7 Å². The van der Waals surface area contributed by atoms with Crippen LogP contribution < -0.4 is 5.32 Å². The Morgan fingerprint density at radius 3 is 1.83 bits per heavy atom. The zero-order chi connectivity index (χ0) is 34.4. The summed E-state index contributed by atoms with van der Waals surface area (Å²) in [5, 5.41) is 11.0. The Balaban J connectivity index is 0.000000199. The average Bonchev–Trinajstić information content (AvgIpc) is 3.10. The van der Waals surface area contributed by atoms with Gasteiger partial charge in [-0.2, -0.15) is 0 Å². The minimum absolute atomic E-state index is 0. The summed E-state index contributed by atoms with van der Waals surface area (Å²) in [6.45, 7) is 20.6. The number of rotatable bonds is 2. The van der Waals surface area contributed by atoms with Gasteiger partial charge in [0.25, 0.3) is 5.97 Å². The number of carboxylic acid groups (broad SMARTS) is 1. The molecule has 6 aliphatic rings. The number of piperidine rings is 4. The van der Waals surface area contributed by atoms with Crippen molar-refractivity contribution in [1.29, 1.82) is 0 Å². The molecule has 6 bridgehead atoms. The quantitative estimate of drug-likeness (QED) is 0.361. The van der Waals surface area contributed by atoms with E-state index in [2.05, 4.69) is 59.3 Å². The van der Waals surface area contributed by atoms with Crippen LogP contribution in [0, 0.1) is 23.7 Å². The van der Waals surface area contributed by atoms with Gasteiger partial charge in [0.05, 0.1) is 12.1 Å². The number of nitrogens with one attached hydrogen (secondary N) is 1. The molecule has 270 valence electrons. The zero-order valence-corrected chi connectivity index (χ0v) is 29.9. The number of benzene rings is 1. The van der Waals surface area contributed by atoms with Gasteiger partial charge in [-0.3, -0.25) is 9.69 Å². The SMILES string of the molecule is C.CC(=O)O.C[C@@H]1C2C3CC(CC1N3C(=O)OC(C)(C)C)CN2Cc1ccccc1.C[C@@H]1C2NCC3CC2N(C(=O)OC(C)(C)C)C1C3. The van der Waals surface area contributed by atoms with Crippen molar-refractivity contribution in [1.82, 2.24) is 20.0 Å². The molecule has 6 aliphatic heterocycles. The van der Waals surface area contributed by atoms with Gasteiger partial charge in [-0.25, -0.2) is 9.59 Å². The van der Waals surface area contributed by atoms with Crippen LogP contribution in [0.15, 0.2) is 30.3 Å². The lowest BCUT2D eigenvalue weighted by Gasteiger charge is -2.47. The Morgan fingerprint density at radius 2 is 1.27 bits per heavy atom. The van der Waals surface area contributed by atoms with Crippen molar-refractivity contribution in [3.05, 3.63) is 35.9 Å². The minimum atomic E-state index is -0.833. The normalized spacial score (nSPS) is 34.3. The molecule has 10 atom stereocenters. The van der Waals surface area contributed by atoms with Crippen molar-refractivity contribution < 1.29 is 29.0 Å². The van der Waals surface area contributed by atoms with E-state index in [0.717, 1.165) is 51.6 Å². The molecule has 1 aromatic carbocycles. The number of likely N-dealkylation sites (tertiary alicyclic amines) is 1. The van der Waals surface area contributed by atoms with Gasteiger partial charge in [0.2, 0.25) is 0 Å². The van der Waals surface area contributed by atoms with E-state index < -0.39 is 17.2 Å². The number of carboxylic acids is 1. The molecule has 0 aromatic heterocycles. The first-order valence-corrected chi connectivity index (χ1v) is 17.7. The number of hydrogen-bond acceptors (Lipinski definition) is 7. The molecular weight excluding hydrogens is 608 g/mol. The highest BCUT2D eigenvalue weighted by molar-refractivity contribution is 5.71. The molecule has 2 amide bonds. The molecule has 10 nitrogen and oxygen atoms in total. The van der Waals surface area contributed by atoms with Gasteiger partial charge < -0.3 is 29.7 Å². The Morgan fingerprint density at radius 1 is 0.792 bits per heavy atom. The second-order valence-corrected chi connectivity index (χ2v) is 16.8. The lowest BCUT2D eigenvalue weighted by molar-refractivity contribution is -0.134. The summed E-state index contributed by atoms with van der Waals surface area (Å²) in [5.74, 6) is 1.68. The van der Waals surface area contributed by atoms with Gasteiger partial charge >= 0.3 is 12.2 Å². The predicted molar refractivity (Wildman–Crippen MR) is 188 cm³/mol. The maximum Gasteiger partial charge on any atom is 0.410 e. The third kappa shape index (κ3) is 8.29. The van der Waals surface area contributed by atoms with Crippen LogP contribution in [0.4, 0.5) is 9.59 Å². The first kappa shape index (κ1) is 38.0. The van der Waals surface area contributed by atoms with E-state index in [1.807, 2.05) is 46.4 Å². The molecule has 2 N–H and O–H groups in total. The molecule has 0 radical (unpaired) electrons. The number of hydrogen-bond donors (Lipinski definition) is 2. The Hall–Kier alpha value is -2.85. The summed E-state index contributed by atoms with van der Waals surface area (Å²) in [7, 11) is 0. The summed E-state index contributed by atoms with van der Waals surface area (Å²) in [4.78, 5) is 41.0. The minimum Gasteiger partial charge on any atom is -0.481 e. The second-order valence-electron chi connectivity index (χ2n) is 16.8. The van der Waals surface area contributed by atoms with Crippen molar-refractivity contribution >= 4 is 18.2 Å². The van der Waals surface area contributed by atoms with Crippen LogP contribution in [0.5, 0.6) is 0 Å². The van der Waals surface area contributed by atoms with Crippen LogP contribution in [-0.2, 0) is 20.8 Å². The van der Waals surface area contributed by atoms with Gasteiger partial charge in [0, 0.05) is 44.2 Å². The van der Waals surface area contributed by atoms with E-state index in [1.54, 1.807) is 0 Å². The highest BCUT2D eigenvalue weighted by atomic mass is 16.6. The summed E-state index contributed by atoms with van der Waals surface area (Å²) in [6, 6.07) is 13.0. The average molecular weight is 671 g/mol. The smallest absolute Gasteiger partial charge is 0.410 e. The number of nitrogens with zero attached hydrogens (tertiary/aromatic N) is 3. The molecule has 0 saturated carbocycles. The summed E-state index contributed by atoms with van der Waals surface area (Å²) < 4.78 is 11.3. The fraction of sp³-hybridized carbons (Fsp3) is 0.763. The fourth-order valence-electron chi connectivity index (χ4n) is 9.36. The Labute approximate surface area is 288 Å². The van der Waals surface area contributed by atoms with Crippen molar-refractivity contribution in [3.8, 4) is 0 Å². The van der Waals surface area contributed by atoms with E-state index in [0.29, 0.717) is 54.0 Å². The van der Waals surface area contributed by atoms with Crippen LogP contribution in [0.2, 0.25) is 0 Å². The summed E-state index contributed by atoms with van der Waals surface area (Å²) in [5.41, 5.74) is 0.534. The number of aliphatic carboxylic acids is 1. The highest BCUT2D eigenvalue weighted by Gasteiger charge is 2.59. The molecule has 8 unspecified atom stereocenters. The van der Waals surface area contributed by atoms with Crippen LogP contribution in [0.25, 0.3) is 0 Å². The van der Waals surface area contributed by atoms with Crippen molar-refractivity contribution in [3.63, 3.8) is 0 Å². The Bertz CT molecular complexity index is 1270. The van der Waals surface area contributed by atoms with Crippen LogP contribution in [0.3, 0.4) is 0 Å².